The van der Waals surface area contributed by atoms with Gasteiger partial charge in [-0.25, -0.2) is 0 Å². The molecule has 0 saturated heterocycles. The van der Waals surface area contributed by atoms with Crippen molar-refractivity contribution in [3.8, 4) is 0 Å². The number of aromatic nitrogens is 5. The summed E-state index contributed by atoms with van der Waals surface area (Å²) in [5.41, 5.74) is 3.59. The summed E-state index contributed by atoms with van der Waals surface area (Å²) in [4.78, 5) is 4.68. The maximum absolute atomic E-state index is 4.68. The van der Waals surface area contributed by atoms with Crippen LogP contribution in [0.15, 0.2) is 11.3 Å². The molecule has 2 aromatic rings. The largest absolute Gasteiger partial charge is 0.357 e. The van der Waals surface area contributed by atoms with E-state index in [9.17, 15) is 0 Å². The zero-order valence-electron chi connectivity index (χ0n) is 16.0. The summed E-state index contributed by atoms with van der Waals surface area (Å²) in [6.07, 6.45) is 3.56. The Bertz CT molecular complexity index is 698. The molecule has 0 aliphatic carbocycles. The Morgan fingerprint density at radius 3 is 2.68 bits per heavy atom. The predicted molar refractivity (Wildman–Crippen MR) is 99.8 cm³/mol. The third kappa shape index (κ3) is 5.04. The van der Waals surface area contributed by atoms with E-state index in [1.165, 1.54) is 11.3 Å². The number of nitrogens with zero attached hydrogens (tertiary/aromatic N) is 6. The maximum Gasteiger partial charge on any atom is 0.191 e. The second kappa shape index (κ2) is 9.19. The van der Waals surface area contributed by atoms with Crippen LogP contribution in [0, 0.1) is 13.8 Å². The van der Waals surface area contributed by atoms with Gasteiger partial charge >= 0.3 is 0 Å². The van der Waals surface area contributed by atoms with Gasteiger partial charge in [-0.3, -0.25) is 9.67 Å². The summed E-state index contributed by atoms with van der Waals surface area (Å²) in [5.74, 6) is 1.85. The van der Waals surface area contributed by atoms with Crippen molar-refractivity contribution in [1.82, 2.24) is 35.2 Å². The normalized spacial score (nSPS) is 11.8. The average molecular weight is 346 g/mol. The third-order valence-corrected chi connectivity index (χ3v) is 4.29. The van der Waals surface area contributed by atoms with E-state index in [0.717, 1.165) is 56.5 Å². The summed E-state index contributed by atoms with van der Waals surface area (Å²) in [7, 11) is 1.98. The molecule has 2 rings (SSSR count). The molecule has 2 N–H and O–H groups in total. The fraction of sp³-hybridized carbons (Fsp3) is 0.647. The van der Waals surface area contributed by atoms with Crippen LogP contribution in [0.3, 0.4) is 0 Å². The molecule has 0 saturated carbocycles. The minimum Gasteiger partial charge on any atom is -0.357 e. The van der Waals surface area contributed by atoms with Gasteiger partial charge in [0.2, 0.25) is 0 Å². The average Bonchev–Trinajstić information content (AvgIpc) is 3.14. The van der Waals surface area contributed by atoms with Crippen molar-refractivity contribution in [1.29, 1.82) is 0 Å². The molecule has 0 fully saturated rings. The van der Waals surface area contributed by atoms with Gasteiger partial charge in [0.25, 0.3) is 0 Å². The first-order valence-electron chi connectivity index (χ1n) is 8.94. The van der Waals surface area contributed by atoms with Gasteiger partial charge in [0.1, 0.15) is 12.2 Å². The quantitative estimate of drug-likeness (QED) is 0.550. The lowest BCUT2D eigenvalue weighted by Crippen LogP contribution is -2.39. The van der Waals surface area contributed by atoms with Crippen molar-refractivity contribution in [2.24, 2.45) is 12.0 Å². The van der Waals surface area contributed by atoms with E-state index in [2.05, 4.69) is 63.2 Å². The topological polar surface area (TPSA) is 85.0 Å². The first kappa shape index (κ1) is 19.0. The van der Waals surface area contributed by atoms with Crippen LogP contribution >= 0.6 is 0 Å². The summed E-state index contributed by atoms with van der Waals surface area (Å²) in [6.45, 7) is 11.5. The molecule has 2 heterocycles. The lowest BCUT2D eigenvalue weighted by molar-refractivity contribution is 0.632. The monoisotopic (exact) mass is 346 g/mol. The minimum absolute atomic E-state index is 0.732. The van der Waals surface area contributed by atoms with Gasteiger partial charge in [-0.15, -0.1) is 10.2 Å². The van der Waals surface area contributed by atoms with Crippen LogP contribution in [0.1, 0.15) is 36.6 Å². The Morgan fingerprint density at radius 2 is 2.04 bits per heavy atom. The third-order valence-electron chi connectivity index (χ3n) is 4.29. The number of aryl methyl sites for hydroxylation is 3. The molecule has 0 radical (unpaired) electrons. The van der Waals surface area contributed by atoms with Crippen molar-refractivity contribution in [3.05, 3.63) is 29.1 Å². The van der Waals surface area contributed by atoms with Crippen LogP contribution in [0.4, 0.5) is 0 Å². The molecule has 0 amide bonds. The van der Waals surface area contributed by atoms with Gasteiger partial charge in [-0.1, -0.05) is 6.92 Å². The van der Waals surface area contributed by atoms with Gasteiger partial charge in [0.15, 0.2) is 5.96 Å². The smallest absolute Gasteiger partial charge is 0.191 e. The van der Waals surface area contributed by atoms with E-state index < -0.39 is 0 Å². The van der Waals surface area contributed by atoms with E-state index in [4.69, 9.17) is 0 Å². The van der Waals surface area contributed by atoms with Gasteiger partial charge in [0, 0.05) is 45.3 Å². The molecule has 0 spiro atoms. The number of nitrogens with one attached hydrogen (secondary N) is 2. The van der Waals surface area contributed by atoms with E-state index in [-0.39, 0.29) is 0 Å². The molecule has 0 bridgehead atoms. The standard InChI is InChI=1S/C17H30N8/c1-6-16-22-21-12-25(16)11-10-20-17(18-7-2)19-9-8-15-13(3)23-24(5)14(15)4/h12H,6-11H2,1-5H3,(H2,18,19,20). The molecule has 0 aliphatic rings. The van der Waals surface area contributed by atoms with E-state index >= 15 is 0 Å². The molecule has 138 valence electrons. The molecular formula is C17H30N8. The van der Waals surface area contributed by atoms with Crippen LogP contribution in [-0.2, 0) is 26.4 Å². The highest BCUT2D eigenvalue weighted by atomic mass is 15.3. The number of guanidine groups is 1. The summed E-state index contributed by atoms with van der Waals surface area (Å²) < 4.78 is 4.00. The number of hydrogen-bond donors (Lipinski definition) is 2. The Morgan fingerprint density at radius 1 is 1.24 bits per heavy atom. The molecule has 0 aliphatic heterocycles. The van der Waals surface area contributed by atoms with E-state index in [1.807, 2.05) is 11.7 Å². The summed E-state index contributed by atoms with van der Waals surface area (Å²) >= 11 is 0. The zero-order chi connectivity index (χ0) is 18.2. The molecule has 8 nitrogen and oxygen atoms in total. The van der Waals surface area contributed by atoms with Crippen molar-refractivity contribution in [2.75, 3.05) is 19.6 Å². The number of aliphatic imine (C=N–C) groups is 1. The minimum atomic E-state index is 0.732. The van der Waals surface area contributed by atoms with Gasteiger partial charge in [0.05, 0.1) is 5.69 Å². The molecule has 0 unspecified atom stereocenters. The first-order chi connectivity index (χ1) is 12.1. The van der Waals surface area contributed by atoms with Crippen LogP contribution in [0.25, 0.3) is 0 Å². The maximum atomic E-state index is 4.68. The Kier molecular flexibility index (Phi) is 6.97. The molecule has 8 heteroatoms. The molecule has 2 aromatic heterocycles. The van der Waals surface area contributed by atoms with E-state index in [1.54, 1.807) is 6.33 Å². The lowest BCUT2D eigenvalue weighted by Gasteiger charge is -2.12. The second-order valence-electron chi connectivity index (χ2n) is 6.00. The fourth-order valence-electron chi connectivity index (χ4n) is 2.83. The molecule has 25 heavy (non-hydrogen) atoms. The zero-order valence-corrected chi connectivity index (χ0v) is 16.0. The highest BCUT2D eigenvalue weighted by Gasteiger charge is 2.08. The summed E-state index contributed by atoms with van der Waals surface area (Å²) in [6, 6.07) is 0. The Hall–Kier alpha value is -2.38. The van der Waals surface area contributed by atoms with Crippen molar-refractivity contribution in [3.63, 3.8) is 0 Å². The highest BCUT2D eigenvalue weighted by Crippen LogP contribution is 2.12. The van der Waals surface area contributed by atoms with Crippen LogP contribution in [-0.4, -0.2) is 50.1 Å². The predicted octanol–water partition coefficient (Wildman–Crippen LogP) is 0.989. The Balaban J connectivity index is 1.87. The molecular weight excluding hydrogens is 316 g/mol. The van der Waals surface area contributed by atoms with E-state index in [0.29, 0.717) is 0 Å². The van der Waals surface area contributed by atoms with Crippen LogP contribution in [0.2, 0.25) is 0 Å². The van der Waals surface area contributed by atoms with Gasteiger partial charge < -0.3 is 15.2 Å². The molecule has 0 atom stereocenters. The van der Waals surface area contributed by atoms with Crippen molar-refractivity contribution >= 4 is 5.96 Å². The fourth-order valence-corrected chi connectivity index (χ4v) is 2.83. The number of hydrogen-bond acceptors (Lipinski definition) is 4. The SMILES string of the molecule is CCNC(=NCCc1c(C)nn(C)c1C)NCCn1cnnc1CC. The van der Waals surface area contributed by atoms with Crippen molar-refractivity contribution in [2.45, 2.75) is 47.1 Å². The van der Waals surface area contributed by atoms with Crippen LogP contribution in [0.5, 0.6) is 0 Å². The molecule has 0 aromatic carbocycles. The lowest BCUT2D eigenvalue weighted by atomic mass is 10.1. The highest BCUT2D eigenvalue weighted by molar-refractivity contribution is 5.79. The second-order valence-corrected chi connectivity index (χ2v) is 6.00. The van der Waals surface area contributed by atoms with Crippen LogP contribution < -0.4 is 10.6 Å². The number of rotatable bonds is 8. The summed E-state index contributed by atoms with van der Waals surface area (Å²) in [5, 5.41) is 19.2. The van der Waals surface area contributed by atoms with Gasteiger partial charge in [-0.05, 0) is 32.8 Å². The Labute approximate surface area is 149 Å². The van der Waals surface area contributed by atoms with Crippen molar-refractivity contribution < 1.29 is 0 Å². The van der Waals surface area contributed by atoms with Gasteiger partial charge in [-0.2, -0.15) is 5.10 Å². The first-order valence-corrected chi connectivity index (χ1v) is 8.94.